The van der Waals surface area contributed by atoms with Gasteiger partial charge in [0.15, 0.2) is 12.4 Å². The highest BCUT2D eigenvalue weighted by Gasteiger charge is 2.45. The molecule has 31 heavy (non-hydrogen) atoms. The molecule has 3 aromatic rings. The summed E-state index contributed by atoms with van der Waals surface area (Å²) in [5.41, 5.74) is 1.000. The van der Waals surface area contributed by atoms with E-state index in [1.165, 1.54) is 11.2 Å². The van der Waals surface area contributed by atoms with Gasteiger partial charge in [-0.05, 0) is 42.3 Å². The number of hydrogen-bond donors (Lipinski definition) is 0. The molecule has 0 radical (unpaired) electrons. The molecule has 0 spiro atoms. The highest BCUT2D eigenvalue weighted by Crippen LogP contribution is 2.39. The maximum atomic E-state index is 13.3. The van der Waals surface area contributed by atoms with Crippen molar-refractivity contribution in [3.8, 4) is 5.75 Å². The molecule has 1 atom stereocenters. The second kappa shape index (κ2) is 8.87. The van der Waals surface area contributed by atoms with Crippen molar-refractivity contribution >= 4 is 17.4 Å². The number of rotatable bonds is 7. The number of H-pyrrole nitrogens is 1. The van der Waals surface area contributed by atoms with Crippen molar-refractivity contribution in [3.63, 3.8) is 0 Å². The molecule has 1 saturated heterocycles. The Kier molecular flexibility index (Phi) is 5.84. The van der Waals surface area contributed by atoms with Crippen LogP contribution in [0.5, 0.6) is 5.75 Å². The number of aromatic amines is 1. The van der Waals surface area contributed by atoms with Gasteiger partial charge in [-0.15, -0.1) is 0 Å². The summed E-state index contributed by atoms with van der Waals surface area (Å²) in [4.78, 5) is 30.1. The third kappa shape index (κ3) is 4.07. The predicted octanol–water partition coefficient (Wildman–Crippen LogP) is 2.31. The molecule has 1 amide bonds. The van der Waals surface area contributed by atoms with Crippen molar-refractivity contribution in [1.29, 1.82) is 0 Å². The van der Waals surface area contributed by atoms with Crippen molar-refractivity contribution in [2.45, 2.75) is 25.9 Å². The number of ether oxygens (including phenoxy) is 1. The first-order valence-electron chi connectivity index (χ1n) is 10.1. The van der Waals surface area contributed by atoms with Crippen LogP contribution in [0, 0.1) is 0 Å². The van der Waals surface area contributed by atoms with Crippen LogP contribution in [0.3, 0.4) is 0 Å². The summed E-state index contributed by atoms with van der Waals surface area (Å²) >= 11 is 0. The molecule has 4 rings (SSSR count). The number of nitrogens with zero attached hydrogens (tertiary/aromatic N) is 1. The molecule has 0 aliphatic carbocycles. The summed E-state index contributed by atoms with van der Waals surface area (Å²) < 4.78 is 11.1. The van der Waals surface area contributed by atoms with Crippen molar-refractivity contribution in [1.82, 2.24) is 4.90 Å². The Hall–Kier alpha value is -3.87. The Labute approximate surface area is 179 Å². The Morgan fingerprint density at radius 2 is 1.97 bits per heavy atom. The van der Waals surface area contributed by atoms with Gasteiger partial charge in [0.2, 0.25) is 5.78 Å². The fourth-order valence-electron chi connectivity index (χ4n) is 3.58. The minimum Gasteiger partial charge on any atom is -0.872 e. The van der Waals surface area contributed by atoms with Crippen LogP contribution in [0.15, 0.2) is 77.2 Å². The van der Waals surface area contributed by atoms with Gasteiger partial charge in [-0.2, -0.15) is 0 Å². The van der Waals surface area contributed by atoms with Crippen LogP contribution in [0.4, 0.5) is 0 Å². The average molecular weight is 418 g/mol. The average Bonchev–Trinajstić information content (AvgIpc) is 3.41. The largest absolute Gasteiger partial charge is 0.872 e. The first-order valence-corrected chi connectivity index (χ1v) is 10.1. The molecule has 1 aliphatic heterocycles. The van der Waals surface area contributed by atoms with Gasteiger partial charge < -0.3 is 19.2 Å². The Morgan fingerprint density at radius 3 is 2.61 bits per heavy atom. The molecule has 7 heteroatoms. The number of aromatic nitrogens is 1. The summed E-state index contributed by atoms with van der Waals surface area (Å²) in [6, 6.07) is 12.7. The predicted molar refractivity (Wildman–Crippen MR) is 109 cm³/mol. The van der Waals surface area contributed by atoms with Gasteiger partial charge in [0.05, 0.1) is 19.4 Å². The second-order valence-electron chi connectivity index (χ2n) is 7.21. The summed E-state index contributed by atoms with van der Waals surface area (Å²) in [6.07, 6.45) is 5.82. The van der Waals surface area contributed by atoms with Crippen molar-refractivity contribution < 1.29 is 28.8 Å². The number of amides is 1. The third-order valence-corrected chi connectivity index (χ3v) is 5.06. The maximum absolute atomic E-state index is 13.3. The van der Waals surface area contributed by atoms with Gasteiger partial charge in [0, 0.05) is 17.2 Å². The fourth-order valence-corrected chi connectivity index (χ4v) is 3.58. The number of likely N-dealkylation sites (tertiary alicyclic amines) is 1. The highest BCUT2D eigenvalue weighted by molar-refractivity contribution is 6.46. The van der Waals surface area contributed by atoms with E-state index in [9.17, 15) is 14.7 Å². The van der Waals surface area contributed by atoms with E-state index in [0.717, 1.165) is 12.0 Å². The van der Waals surface area contributed by atoms with E-state index in [1.54, 1.807) is 54.9 Å². The Balaban J connectivity index is 1.74. The molecular weight excluding hydrogens is 396 g/mol. The molecule has 2 aromatic heterocycles. The smallest absolute Gasteiger partial charge is 0.295 e. The lowest BCUT2D eigenvalue weighted by Gasteiger charge is -2.25. The molecule has 1 aliphatic rings. The van der Waals surface area contributed by atoms with E-state index in [4.69, 9.17) is 9.15 Å². The number of pyridine rings is 1. The molecular formula is C24H22N2O5. The lowest BCUT2D eigenvalue weighted by Crippen LogP contribution is -2.29. The van der Waals surface area contributed by atoms with Crippen molar-refractivity contribution in [3.05, 3.63) is 89.6 Å². The van der Waals surface area contributed by atoms with Crippen LogP contribution in [0.1, 0.15) is 36.3 Å². The van der Waals surface area contributed by atoms with Crippen LogP contribution >= 0.6 is 0 Å². The van der Waals surface area contributed by atoms with Crippen LogP contribution in [-0.2, 0) is 16.1 Å². The van der Waals surface area contributed by atoms with E-state index >= 15 is 0 Å². The number of Topliss-reactive ketones (excluding diaryl/α,β-unsaturated/α-hetero) is 1. The molecule has 1 N–H and O–H groups in total. The summed E-state index contributed by atoms with van der Waals surface area (Å²) in [7, 11) is 0. The van der Waals surface area contributed by atoms with Crippen LogP contribution < -0.4 is 14.8 Å². The number of benzene rings is 1. The lowest BCUT2D eigenvalue weighted by atomic mass is 9.99. The van der Waals surface area contributed by atoms with Crippen molar-refractivity contribution in [2.24, 2.45) is 0 Å². The normalized spacial score (nSPS) is 17.8. The number of ketones is 1. The third-order valence-electron chi connectivity index (χ3n) is 5.06. The first-order chi connectivity index (χ1) is 15.1. The van der Waals surface area contributed by atoms with Crippen LogP contribution in [0.2, 0.25) is 0 Å². The van der Waals surface area contributed by atoms with Gasteiger partial charge in [-0.25, -0.2) is 4.98 Å². The Bertz CT molecular complexity index is 1090. The number of hydrogen-bond acceptors (Lipinski definition) is 5. The van der Waals surface area contributed by atoms with E-state index in [2.05, 4.69) is 4.98 Å². The zero-order valence-corrected chi connectivity index (χ0v) is 17.0. The molecule has 0 bridgehead atoms. The number of carbonyl (C=O) groups excluding carboxylic acids is 2. The summed E-state index contributed by atoms with van der Waals surface area (Å²) in [5, 5.41) is 13.3. The molecule has 1 fully saturated rings. The molecule has 1 unspecified atom stereocenters. The minimum absolute atomic E-state index is 0.109. The van der Waals surface area contributed by atoms with Gasteiger partial charge in [0.1, 0.15) is 17.6 Å². The number of nitrogens with one attached hydrogen (secondary N) is 1. The van der Waals surface area contributed by atoms with Gasteiger partial charge in [-0.3, -0.25) is 9.59 Å². The first kappa shape index (κ1) is 20.4. The quantitative estimate of drug-likeness (QED) is 0.333. The van der Waals surface area contributed by atoms with Gasteiger partial charge >= 0.3 is 0 Å². The number of furan rings is 1. The van der Waals surface area contributed by atoms with Crippen LogP contribution in [0.25, 0.3) is 5.76 Å². The highest BCUT2D eigenvalue weighted by atomic mass is 16.5. The molecule has 7 nitrogen and oxygen atoms in total. The standard InChI is InChI=1S/C24H22N2O5/c1-2-12-30-18-9-7-17(8-10-18)22(27)20-21(19-6-4-13-31-19)26(24(29)23(20)28)15-16-5-3-11-25-14-16/h3-11,13-14,21,27H,2,12,15H2,1H3. The SMILES string of the molecule is CCCOc1ccc(C([O-])=C2C(=O)C(=O)N(Cc3ccc[nH+]c3)C2c2ccco2)cc1. The molecule has 158 valence electrons. The van der Waals surface area contributed by atoms with E-state index < -0.39 is 23.5 Å². The zero-order valence-electron chi connectivity index (χ0n) is 17.0. The zero-order chi connectivity index (χ0) is 21.8. The van der Waals surface area contributed by atoms with E-state index in [0.29, 0.717) is 23.7 Å². The van der Waals surface area contributed by atoms with E-state index in [-0.39, 0.29) is 12.1 Å². The monoisotopic (exact) mass is 418 g/mol. The van der Waals surface area contributed by atoms with Gasteiger partial charge in [-0.1, -0.05) is 24.8 Å². The maximum Gasteiger partial charge on any atom is 0.295 e. The second-order valence-corrected chi connectivity index (χ2v) is 7.21. The molecule has 1 aromatic carbocycles. The number of carbonyl (C=O) groups is 2. The van der Waals surface area contributed by atoms with Crippen molar-refractivity contribution in [2.75, 3.05) is 6.61 Å². The minimum atomic E-state index is -0.890. The Morgan fingerprint density at radius 1 is 1.16 bits per heavy atom. The molecule has 0 saturated carbocycles. The van der Waals surface area contributed by atoms with Gasteiger partial charge in [0.25, 0.3) is 5.91 Å². The topological polar surface area (TPSA) is 97.0 Å². The fraction of sp³-hybridized carbons (Fsp3) is 0.208. The molecule has 3 heterocycles. The lowest BCUT2D eigenvalue weighted by molar-refractivity contribution is -0.378. The summed E-state index contributed by atoms with van der Waals surface area (Å²) in [5.74, 6) is -1.02. The van der Waals surface area contributed by atoms with E-state index in [1.807, 2.05) is 13.0 Å². The van der Waals surface area contributed by atoms with Crippen LogP contribution in [-0.4, -0.2) is 23.2 Å². The summed E-state index contributed by atoms with van der Waals surface area (Å²) in [6.45, 7) is 2.74.